The van der Waals surface area contributed by atoms with Crippen molar-refractivity contribution in [3.63, 3.8) is 0 Å². The maximum absolute atomic E-state index is 12.5. The highest BCUT2D eigenvalue weighted by molar-refractivity contribution is 5.98. The van der Waals surface area contributed by atoms with Crippen molar-refractivity contribution >= 4 is 35.8 Å². The lowest BCUT2D eigenvalue weighted by Crippen LogP contribution is -2.27. The van der Waals surface area contributed by atoms with Gasteiger partial charge in [-0.05, 0) is 63.1 Å². The molecule has 0 aromatic heterocycles. The van der Waals surface area contributed by atoms with Crippen LogP contribution in [0.2, 0.25) is 0 Å². The Bertz CT molecular complexity index is 1130. The van der Waals surface area contributed by atoms with Crippen molar-refractivity contribution in [2.24, 2.45) is 0 Å². The van der Waals surface area contributed by atoms with Crippen molar-refractivity contribution in [3.05, 3.63) is 70.5 Å². The number of carbonyl (C=O) groups excluding carboxylic acids is 4. The molecule has 2 aromatic rings. The van der Waals surface area contributed by atoms with E-state index >= 15 is 0 Å². The van der Waals surface area contributed by atoms with Crippen molar-refractivity contribution in [2.75, 3.05) is 12.4 Å². The van der Waals surface area contributed by atoms with Gasteiger partial charge in [0.05, 0.1) is 12.7 Å². The van der Waals surface area contributed by atoms with Crippen LogP contribution in [0, 0.1) is 6.92 Å². The zero-order chi connectivity index (χ0) is 26.2. The number of hydrogen-bond donors (Lipinski definition) is 1. The topological polar surface area (TPSA) is 117 Å². The van der Waals surface area contributed by atoms with E-state index in [0.717, 1.165) is 7.11 Å². The Morgan fingerprint density at radius 3 is 2.23 bits per heavy atom. The maximum Gasteiger partial charge on any atom is 0.412 e. The first-order chi connectivity index (χ1) is 16.4. The minimum atomic E-state index is -0.874. The molecule has 2 rings (SSSR count). The summed E-state index contributed by atoms with van der Waals surface area (Å²) in [6, 6.07) is 11.3. The van der Waals surface area contributed by atoms with Gasteiger partial charge in [-0.1, -0.05) is 24.3 Å². The van der Waals surface area contributed by atoms with Crippen molar-refractivity contribution in [3.8, 4) is 0 Å². The maximum atomic E-state index is 12.5. The fraction of sp³-hybridized carbons (Fsp3) is 0.308. The van der Waals surface area contributed by atoms with Gasteiger partial charge >= 0.3 is 24.0 Å². The van der Waals surface area contributed by atoms with Crippen molar-refractivity contribution < 1.29 is 38.1 Å². The van der Waals surface area contributed by atoms with E-state index in [0.29, 0.717) is 22.4 Å². The highest BCUT2D eigenvalue weighted by atomic mass is 16.6. The van der Waals surface area contributed by atoms with E-state index in [4.69, 9.17) is 18.9 Å². The summed E-state index contributed by atoms with van der Waals surface area (Å²) in [5.41, 5.74) is 1.42. The summed E-state index contributed by atoms with van der Waals surface area (Å²) in [5.74, 6) is -2.50. The predicted molar refractivity (Wildman–Crippen MR) is 128 cm³/mol. The third-order valence-corrected chi connectivity index (χ3v) is 4.58. The molecule has 0 aliphatic carbocycles. The lowest BCUT2D eigenvalue weighted by molar-refractivity contribution is -0.142. The summed E-state index contributed by atoms with van der Waals surface area (Å²) in [6.45, 7) is 8.03. The second-order valence-corrected chi connectivity index (χ2v) is 8.47. The van der Waals surface area contributed by atoms with E-state index in [-0.39, 0.29) is 17.9 Å². The molecule has 0 radical (unpaired) electrons. The van der Waals surface area contributed by atoms with E-state index in [1.54, 1.807) is 70.2 Å². The molecule has 0 saturated carbocycles. The van der Waals surface area contributed by atoms with Gasteiger partial charge in [0.15, 0.2) is 0 Å². The molecule has 0 atom stereocenters. The summed E-state index contributed by atoms with van der Waals surface area (Å²) in [4.78, 5) is 48.6. The first-order valence-electron chi connectivity index (χ1n) is 10.7. The zero-order valence-electron chi connectivity index (χ0n) is 20.6. The van der Waals surface area contributed by atoms with E-state index in [1.807, 2.05) is 0 Å². The fourth-order valence-corrected chi connectivity index (χ4v) is 2.93. The molecule has 0 bridgehead atoms. The summed E-state index contributed by atoms with van der Waals surface area (Å²) in [7, 11) is 1.16. The number of ether oxygens (including phenoxy) is 4. The minimum absolute atomic E-state index is 0.155. The number of nitrogens with one attached hydrogen (secondary N) is 1. The molecule has 0 heterocycles. The van der Waals surface area contributed by atoms with Crippen LogP contribution in [0.4, 0.5) is 10.5 Å². The Hall–Kier alpha value is -4.14. The Kier molecular flexibility index (Phi) is 9.16. The molecular weight excluding hydrogens is 454 g/mol. The lowest BCUT2D eigenvalue weighted by atomic mass is 9.99. The lowest BCUT2D eigenvalue weighted by Gasteiger charge is -2.21. The second-order valence-electron chi connectivity index (χ2n) is 8.47. The summed E-state index contributed by atoms with van der Waals surface area (Å²) in [5, 5.41) is 2.66. The number of anilines is 1. The average molecular weight is 484 g/mol. The van der Waals surface area contributed by atoms with Gasteiger partial charge in [-0.25, -0.2) is 14.4 Å². The quantitative estimate of drug-likeness (QED) is 0.259. The minimum Gasteiger partial charge on any atom is -0.463 e. The van der Waals surface area contributed by atoms with E-state index in [1.165, 1.54) is 13.0 Å². The van der Waals surface area contributed by atoms with Crippen LogP contribution >= 0.6 is 0 Å². The molecule has 1 N–H and O–H groups in total. The van der Waals surface area contributed by atoms with Gasteiger partial charge in [-0.3, -0.25) is 10.1 Å². The van der Waals surface area contributed by atoms with E-state index in [2.05, 4.69) is 5.32 Å². The number of methoxy groups -OCH3 is 1. The van der Waals surface area contributed by atoms with Gasteiger partial charge in [-0.15, -0.1) is 0 Å². The van der Waals surface area contributed by atoms with Gasteiger partial charge in [0.25, 0.3) is 0 Å². The van der Waals surface area contributed by atoms with Crippen LogP contribution in [0.1, 0.15) is 54.7 Å². The highest BCUT2D eigenvalue weighted by Crippen LogP contribution is 2.27. The molecule has 0 saturated heterocycles. The fourth-order valence-electron chi connectivity index (χ4n) is 2.93. The Morgan fingerprint density at radius 2 is 1.66 bits per heavy atom. The number of carbonyl (C=O) groups is 4. The Balaban J connectivity index is 2.47. The van der Waals surface area contributed by atoms with Crippen molar-refractivity contribution in [2.45, 2.75) is 46.8 Å². The second kappa shape index (κ2) is 11.8. The molecule has 2 aromatic carbocycles. The first-order valence-corrected chi connectivity index (χ1v) is 10.7. The SMILES string of the molecule is COC(=O)/C(=C\c1ccc(NC(=O)OC(C)(C)C)c(C)c1COC(C)=O)OC(=O)c1ccccc1. The van der Waals surface area contributed by atoms with Crippen LogP contribution in [0.15, 0.2) is 48.2 Å². The van der Waals surface area contributed by atoms with Crippen LogP contribution in [-0.2, 0) is 35.1 Å². The smallest absolute Gasteiger partial charge is 0.412 e. The Labute approximate surface area is 204 Å². The molecule has 0 aliphatic rings. The first kappa shape index (κ1) is 27.1. The normalized spacial score (nSPS) is 11.3. The molecule has 35 heavy (non-hydrogen) atoms. The molecule has 9 nitrogen and oxygen atoms in total. The third-order valence-electron chi connectivity index (χ3n) is 4.58. The zero-order valence-corrected chi connectivity index (χ0v) is 20.6. The Morgan fingerprint density at radius 1 is 1.00 bits per heavy atom. The standard InChI is InChI=1S/C26H29NO8/c1-16-20(15-33-17(2)28)19(12-13-21(16)27-25(31)35-26(3,4)5)14-22(24(30)32-6)34-23(29)18-10-8-7-9-11-18/h7-14H,15H2,1-6H3,(H,27,31)/b22-14+. The predicted octanol–water partition coefficient (Wildman–Crippen LogP) is 4.78. The molecule has 9 heteroatoms. The van der Waals surface area contributed by atoms with Gasteiger partial charge in [-0.2, -0.15) is 0 Å². The van der Waals surface area contributed by atoms with E-state index in [9.17, 15) is 19.2 Å². The summed E-state index contributed by atoms with van der Waals surface area (Å²) >= 11 is 0. The molecule has 0 aliphatic heterocycles. The number of benzene rings is 2. The van der Waals surface area contributed by atoms with Crippen LogP contribution in [0.25, 0.3) is 6.08 Å². The van der Waals surface area contributed by atoms with Crippen molar-refractivity contribution in [1.82, 2.24) is 0 Å². The number of hydrogen-bond acceptors (Lipinski definition) is 8. The molecule has 0 unspecified atom stereocenters. The largest absolute Gasteiger partial charge is 0.463 e. The number of esters is 3. The van der Waals surface area contributed by atoms with Crippen LogP contribution in [0.3, 0.4) is 0 Å². The highest BCUT2D eigenvalue weighted by Gasteiger charge is 2.21. The van der Waals surface area contributed by atoms with Crippen LogP contribution < -0.4 is 5.32 Å². The van der Waals surface area contributed by atoms with Gasteiger partial charge < -0.3 is 18.9 Å². The van der Waals surface area contributed by atoms with Crippen LogP contribution in [-0.4, -0.2) is 36.7 Å². The summed E-state index contributed by atoms with van der Waals surface area (Å²) < 4.78 is 20.6. The van der Waals surface area contributed by atoms with E-state index < -0.39 is 29.6 Å². The molecule has 1 amide bonds. The van der Waals surface area contributed by atoms with Gasteiger partial charge in [0.1, 0.15) is 12.2 Å². The van der Waals surface area contributed by atoms with Crippen molar-refractivity contribution in [1.29, 1.82) is 0 Å². The monoisotopic (exact) mass is 483 g/mol. The van der Waals surface area contributed by atoms with Crippen LogP contribution in [0.5, 0.6) is 0 Å². The molecular formula is C26H29NO8. The van der Waals surface area contributed by atoms with Gasteiger partial charge in [0.2, 0.25) is 5.76 Å². The summed E-state index contributed by atoms with van der Waals surface area (Å²) in [6.07, 6.45) is 0.657. The molecule has 0 spiro atoms. The average Bonchev–Trinajstić information content (AvgIpc) is 2.78. The number of amides is 1. The number of rotatable bonds is 7. The molecule has 186 valence electrons. The molecule has 0 fully saturated rings. The third kappa shape index (κ3) is 8.29. The van der Waals surface area contributed by atoms with Gasteiger partial charge in [0, 0.05) is 18.2 Å².